The quantitative estimate of drug-likeness (QED) is 0.675. The number of carbonyl (C=O) groups is 2. The number of hydrogen-bond donors (Lipinski definition) is 2. The van der Waals surface area contributed by atoms with Crippen molar-refractivity contribution < 1.29 is 19.1 Å². The van der Waals surface area contributed by atoms with Crippen LogP contribution < -0.4 is 10.7 Å². The molecule has 3 saturated heterocycles. The fourth-order valence-electron chi connectivity index (χ4n) is 6.28. The van der Waals surface area contributed by atoms with Crippen LogP contribution in [0.5, 0.6) is 0 Å². The van der Waals surface area contributed by atoms with Crippen LogP contribution in [0, 0.1) is 17.8 Å². The van der Waals surface area contributed by atoms with Gasteiger partial charge in [-0.05, 0) is 77.3 Å². The molecule has 2 amide bonds. The first kappa shape index (κ1) is 23.6. The highest BCUT2D eigenvalue weighted by molar-refractivity contribution is 5.72. The molecule has 2 N–H and O–H groups in total. The number of piperazine rings is 1. The largest absolute Gasteiger partial charge is 0.453 e. The Morgan fingerprint density at radius 2 is 1.84 bits per heavy atom. The van der Waals surface area contributed by atoms with Gasteiger partial charge in [0.25, 0.3) is 0 Å². The molecule has 4 fully saturated rings. The number of amides is 2. The number of ether oxygens (including phenoxy) is 2. The zero-order valence-corrected chi connectivity index (χ0v) is 20.1. The Hall–Kier alpha value is -1.58. The number of nitrogens with zero attached hydrogens (tertiary/aromatic N) is 3. The Balaban J connectivity index is 1.44. The number of rotatable bonds is 4. The first-order valence-electron chi connectivity index (χ1n) is 12.4. The van der Waals surface area contributed by atoms with Crippen LogP contribution in [-0.4, -0.2) is 97.6 Å². The van der Waals surface area contributed by atoms with Gasteiger partial charge in [0.05, 0.1) is 31.3 Å². The third-order valence-corrected chi connectivity index (χ3v) is 7.81. The van der Waals surface area contributed by atoms with Gasteiger partial charge in [0.1, 0.15) is 0 Å². The van der Waals surface area contributed by atoms with Crippen molar-refractivity contribution in [3.8, 4) is 0 Å². The van der Waals surface area contributed by atoms with Crippen LogP contribution in [0.3, 0.4) is 0 Å². The Labute approximate surface area is 192 Å². The molecule has 4 aliphatic rings. The van der Waals surface area contributed by atoms with Crippen molar-refractivity contribution in [1.82, 2.24) is 25.6 Å². The average molecular weight is 452 g/mol. The highest BCUT2D eigenvalue weighted by atomic mass is 16.6. The predicted molar refractivity (Wildman–Crippen MR) is 121 cm³/mol. The zero-order chi connectivity index (χ0) is 22.8. The van der Waals surface area contributed by atoms with Crippen LogP contribution in [0.2, 0.25) is 0 Å². The summed E-state index contributed by atoms with van der Waals surface area (Å²) >= 11 is 0. The summed E-state index contributed by atoms with van der Waals surface area (Å²) in [4.78, 5) is 29.3. The minimum absolute atomic E-state index is 0.0165. The lowest BCUT2D eigenvalue weighted by Gasteiger charge is -2.53. The molecule has 4 unspecified atom stereocenters. The molecule has 182 valence electrons. The van der Waals surface area contributed by atoms with Crippen molar-refractivity contribution >= 4 is 12.2 Å². The summed E-state index contributed by atoms with van der Waals surface area (Å²) in [5, 5.41) is 5.86. The maximum Gasteiger partial charge on any atom is 0.410 e. The van der Waals surface area contributed by atoms with Crippen molar-refractivity contribution in [2.75, 3.05) is 46.4 Å². The summed E-state index contributed by atoms with van der Waals surface area (Å²) in [7, 11) is 1.44. The molecule has 0 radical (unpaired) electrons. The fraction of sp³-hybridized carbons (Fsp3) is 0.913. The summed E-state index contributed by atoms with van der Waals surface area (Å²) in [6.07, 6.45) is 3.41. The van der Waals surface area contributed by atoms with Gasteiger partial charge in [0, 0.05) is 26.2 Å². The van der Waals surface area contributed by atoms with E-state index in [0.717, 1.165) is 57.9 Å². The lowest BCUT2D eigenvalue weighted by atomic mass is 9.73. The normalized spacial score (nSPS) is 35.8. The van der Waals surface area contributed by atoms with Crippen molar-refractivity contribution in [1.29, 1.82) is 0 Å². The molecule has 4 rings (SSSR count). The number of nitrogens with one attached hydrogen (secondary N) is 2. The second-order valence-electron chi connectivity index (χ2n) is 10.4. The molecule has 1 aliphatic carbocycles. The summed E-state index contributed by atoms with van der Waals surface area (Å²) in [5.74, 6) is 1.82. The molecule has 0 aromatic carbocycles. The molecule has 9 nitrogen and oxygen atoms in total. The van der Waals surface area contributed by atoms with E-state index in [4.69, 9.17) is 9.47 Å². The molecule has 3 aliphatic heterocycles. The topological polar surface area (TPSA) is 86.4 Å². The van der Waals surface area contributed by atoms with Gasteiger partial charge in [-0.15, -0.1) is 0 Å². The molecule has 3 heterocycles. The van der Waals surface area contributed by atoms with Gasteiger partial charge in [0.2, 0.25) is 0 Å². The van der Waals surface area contributed by atoms with E-state index in [1.54, 1.807) is 0 Å². The summed E-state index contributed by atoms with van der Waals surface area (Å²) in [5.41, 5.74) is 3.62. The Morgan fingerprint density at radius 3 is 2.53 bits per heavy atom. The summed E-state index contributed by atoms with van der Waals surface area (Å²) in [6, 6.07) is -0.135. The summed E-state index contributed by atoms with van der Waals surface area (Å²) in [6.45, 7) is 11.6. The summed E-state index contributed by atoms with van der Waals surface area (Å²) < 4.78 is 10.7. The number of hydrogen-bond acceptors (Lipinski definition) is 7. The number of fused-ring (bicyclic) bond motifs is 1. The minimum atomic E-state index is -0.290. The molecule has 0 aromatic heterocycles. The first-order valence-corrected chi connectivity index (χ1v) is 12.4. The highest BCUT2D eigenvalue weighted by Gasteiger charge is 2.49. The predicted octanol–water partition coefficient (Wildman–Crippen LogP) is 1.89. The van der Waals surface area contributed by atoms with Gasteiger partial charge in [-0.25, -0.2) is 14.6 Å². The SMILES string of the molecule is COC(=O)N1C2CCC(C3CNN(C[C@@H]4CCNC4)C3)CC2N(C(=O)OC(C)C)C[C@@H]1C. The smallest absolute Gasteiger partial charge is 0.410 e. The van der Waals surface area contributed by atoms with E-state index < -0.39 is 0 Å². The van der Waals surface area contributed by atoms with Crippen molar-refractivity contribution in [3.05, 3.63) is 0 Å². The molecule has 1 saturated carbocycles. The number of hydrazine groups is 1. The van der Waals surface area contributed by atoms with Crippen LogP contribution in [0.1, 0.15) is 46.5 Å². The lowest BCUT2D eigenvalue weighted by Crippen LogP contribution is -2.67. The van der Waals surface area contributed by atoms with Crippen molar-refractivity contribution in [2.45, 2.75) is 70.7 Å². The van der Waals surface area contributed by atoms with Crippen LogP contribution >= 0.6 is 0 Å². The maximum atomic E-state index is 13.0. The maximum absolute atomic E-state index is 13.0. The van der Waals surface area contributed by atoms with E-state index in [1.165, 1.54) is 13.5 Å². The van der Waals surface area contributed by atoms with E-state index in [-0.39, 0.29) is 36.4 Å². The number of methoxy groups -OCH3 is 1. The molecule has 0 spiro atoms. The van der Waals surface area contributed by atoms with Crippen molar-refractivity contribution in [2.24, 2.45) is 17.8 Å². The van der Waals surface area contributed by atoms with Crippen LogP contribution in [0.25, 0.3) is 0 Å². The standard InChI is InChI=1S/C23H41N5O4/c1-15(2)32-22(29)27-12-16(3)28(23(30)31-4)20-6-5-18(9-21(20)27)19-11-25-26(14-19)13-17-7-8-24-10-17/h15-21,24-25H,5-14H2,1-4H3/t16-,17+,18?,19?,20?,21?/m0/s1. The number of carbonyl (C=O) groups excluding carboxylic acids is 2. The van der Waals surface area contributed by atoms with Crippen LogP contribution in [0.15, 0.2) is 0 Å². The highest BCUT2D eigenvalue weighted by Crippen LogP contribution is 2.40. The van der Waals surface area contributed by atoms with E-state index in [1.807, 2.05) is 30.6 Å². The second-order valence-corrected chi connectivity index (χ2v) is 10.4. The monoisotopic (exact) mass is 451 g/mol. The Morgan fingerprint density at radius 1 is 1.03 bits per heavy atom. The average Bonchev–Trinajstić information content (AvgIpc) is 3.44. The third kappa shape index (κ3) is 4.99. The van der Waals surface area contributed by atoms with Gasteiger partial charge in [-0.3, -0.25) is 10.3 Å². The molecule has 0 aromatic rings. The van der Waals surface area contributed by atoms with Crippen LogP contribution in [-0.2, 0) is 9.47 Å². The zero-order valence-electron chi connectivity index (χ0n) is 20.1. The lowest BCUT2D eigenvalue weighted by molar-refractivity contribution is -0.0444. The van der Waals surface area contributed by atoms with E-state index in [0.29, 0.717) is 18.4 Å². The van der Waals surface area contributed by atoms with Gasteiger partial charge < -0.3 is 19.7 Å². The molecule has 32 heavy (non-hydrogen) atoms. The Bertz CT molecular complexity index is 671. The molecular formula is C23H41N5O4. The van der Waals surface area contributed by atoms with Gasteiger partial charge in [-0.1, -0.05) is 0 Å². The third-order valence-electron chi connectivity index (χ3n) is 7.81. The van der Waals surface area contributed by atoms with E-state index in [9.17, 15) is 9.59 Å². The van der Waals surface area contributed by atoms with E-state index in [2.05, 4.69) is 15.8 Å². The molecule has 0 bridgehead atoms. The van der Waals surface area contributed by atoms with E-state index >= 15 is 0 Å². The van der Waals surface area contributed by atoms with Crippen molar-refractivity contribution in [3.63, 3.8) is 0 Å². The second kappa shape index (κ2) is 10.1. The Kier molecular flexibility index (Phi) is 7.47. The van der Waals surface area contributed by atoms with Gasteiger partial charge in [-0.2, -0.15) is 0 Å². The van der Waals surface area contributed by atoms with Crippen LogP contribution in [0.4, 0.5) is 9.59 Å². The molecule has 9 heteroatoms. The van der Waals surface area contributed by atoms with Gasteiger partial charge >= 0.3 is 12.2 Å². The molecule has 6 atom stereocenters. The first-order chi connectivity index (χ1) is 15.4. The fourth-order valence-corrected chi connectivity index (χ4v) is 6.28. The van der Waals surface area contributed by atoms with Gasteiger partial charge in [0.15, 0.2) is 0 Å². The minimum Gasteiger partial charge on any atom is -0.453 e. The molecular weight excluding hydrogens is 410 g/mol.